The number of carbonyl (C=O) groups is 1. The molecule has 2 N–H and O–H groups in total. The first kappa shape index (κ1) is 19.4. The smallest absolute Gasteiger partial charge is 0.264 e. The third-order valence-corrected chi connectivity index (χ3v) is 6.34. The molecule has 0 spiro atoms. The van der Waals surface area contributed by atoms with Gasteiger partial charge >= 0.3 is 0 Å². The fourth-order valence-electron chi connectivity index (χ4n) is 2.64. The Morgan fingerprint density at radius 2 is 1.79 bits per heavy atom. The average molecular weight is 448 g/mol. The summed E-state index contributed by atoms with van der Waals surface area (Å²) in [5.41, 5.74) is 2.29. The van der Waals surface area contributed by atoms with Crippen LogP contribution in [0.15, 0.2) is 58.8 Å². The molecule has 4 rings (SSSR count). The van der Waals surface area contributed by atoms with Gasteiger partial charge in [-0.1, -0.05) is 23.7 Å². The summed E-state index contributed by atoms with van der Waals surface area (Å²) in [5.74, 6) is -0.174. The molecule has 2 aromatic heterocycles. The van der Waals surface area contributed by atoms with Crippen LogP contribution in [0.2, 0.25) is 5.02 Å². The van der Waals surface area contributed by atoms with E-state index in [2.05, 4.69) is 20.1 Å². The molecule has 0 radical (unpaired) electrons. The Labute approximate surface area is 175 Å². The van der Waals surface area contributed by atoms with E-state index in [1.54, 1.807) is 16.6 Å². The maximum atomic E-state index is 12.5. The number of hydrogen-bond acceptors (Lipinski definition) is 6. The Morgan fingerprint density at radius 3 is 2.45 bits per heavy atom. The maximum Gasteiger partial charge on any atom is 0.264 e. The second kappa shape index (κ2) is 7.47. The topological polar surface area (TPSA) is 105 Å². The van der Waals surface area contributed by atoms with Gasteiger partial charge < -0.3 is 5.32 Å². The van der Waals surface area contributed by atoms with Gasteiger partial charge in [0, 0.05) is 28.6 Å². The van der Waals surface area contributed by atoms with Crippen molar-refractivity contribution in [1.82, 2.24) is 14.6 Å². The van der Waals surface area contributed by atoms with Gasteiger partial charge in [0.05, 0.1) is 10.6 Å². The third-order valence-electron chi connectivity index (χ3n) is 3.93. The lowest BCUT2D eigenvalue weighted by atomic mass is 10.1. The van der Waals surface area contributed by atoms with Gasteiger partial charge in [0.2, 0.25) is 10.9 Å². The minimum atomic E-state index is -3.83. The van der Waals surface area contributed by atoms with Crippen molar-refractivity contribution in [3.8, 4) is 11.3 Å². The number of rotatable bonds is 5. The number of thiazole rings is 1. The van der Waals surface area contributed by atoms with E-state index in [-0.39, 0.29) is 16.8 Å². The van der Waals surface area contributed by atoms with Crippen molar-refractivity contribution < 1.29 is 13.2 Å². The predicted octanol–water partition coefficient (Wildman–Crippen LogP) is 3.87. The Balaban J connectivity index is 1.62. The molecule has 0 fully saturated rings. The zero-order chi connectivity index (χ0) is 20.6. The highest BCUT2D eigenvalue weighted by Crippen LogP contribution is 2.27. The number of anilines is 2. The number of benzene rings is 2. The molecule has 0 aliphatic heterocycles. The first-order valence-corrected chi connectivity index (χ1v) is 11.1. The first-order valence-electron chi connectivity index (χ1n) is 8.32. The van der Waals surface area contributed by atoms with Crippen molar-refractivity contribution in [2.75, 3.05) is 10.0 Å². The van der Waals surface area contributed by atoms with E-state index in [4.69, 9.17) is 11.6 Å². The molecule has 2 heterocycles. The molecule has 0 saturated carbocycles. The minimum absolute atomic E-state index is 0.0251. The summed E-state index contributed by atoms with van der Waals surface area (Å²) in [4.78, 5) is 16.0. The molecule has 1 amide bonds. The number of amides is 1. The van der Waals surface area contributed by atoms with Crippen molar-refractivity contribution in [2.45, 2.75) is 11.8 Å². The summed E-state index contributed by atoms with van der Waals surface area (Å²) >= 11 is 7.14. The molecule has 4 aromatic rings. The van der Waals surface area contributed by atoms with Crippen molar-refractivity contribution in [1.29, 1.82) is 0 Å². The molecule has 0 unspecified atom stereocenters. The van der Waals surface area contributed by atoms with Crippen LogP contribution in [0.4, 0.5) is 11.6 Å². The monoisotopic (exact) mass is 447 g/mol. The molecule has 29 heavy (non-hydrogen) atoms. The number of hydrogen-bond donors (Lipinski definition) is 2. The van der Waals surface area contributed by atoms with Crippen LogP contribution < -0.4 is 10.0 Å². The van der Waals surface area contributed by atoms with Crippen LogP contribution in [-0.4, -0.2) is 28.9 Å². The normalized spacial score (nSPS) is 11.5. The fourth-order valence-corrected chi connectivity index (χ4v) is 4.54. The molecule has 11 heteroatoms. The lowest BCUT2D eigenvalue weighted by Crippen LogP contribution is -2.14. The van der Waals surface area contributed by atoms with E-state index in [1.807, 2.05) is 17.5 Å². The summed E-state index contributed by atoms with van der Waals surface area (Å²) in [5, 5.41) is 9.30. The maximum absolute atomic E-state index is 12.5. The number of fused-ring (bicyclic) bond motifs is 1. The summed E-state index contributed by atoms with van der Waals surface area (Å²) in [6, 6.07) is 13.0. The molecule has 0 bridgehead atoms. The van der Waals surface area contributed by atoms with Crippen LogP contribution in [0.1, 0.15) is 6.92 Å². The summed E-state index contributed by atoms with van der Waals surface area (Å²) in [7, 11) is -3.83. The van der Waals surface area contributed by atoms with E-state index in [9.17, 15) is 13.2 Å². The second-order valence-electron chi connectivity index (χ2n) is 6.07. The van der Waals surface area contributed by atoms with Gasteiger partial charge in [-0.2, -0.15) is 4.98 Å². The Morgan fingerprint density at radius 1 is 1.10 bits per heavy atom. The SMILES string of the molecule is CC(=O)Nc1ccc(-c2csc3nc(NS(=O)(=O)c4ccc(Cl)cc4)nn23)cc1. The van der Waals surface area contributed by atoms with Gasteiger partial charge in [-0.25, -0.2) is 17.7 Å². The molecule has 2 aromatic carbocycles. The number of nitrogens with zero attached hydrogens (tertiary/aromatic N) is 3. The van der Waals surface area contributed by atoms with Gasteiger partial charge in [0.1, 0.15) is 0 Å². The molecular formula is C18H14ClN5O3S2. The van der Waals surface area contributed by atoms with E-state index < -0.39 is 10.0 Å². The highest BCUT2D eigenvalue weighted by molar-refractivity contribution is 7.92. The second-order valence-corrected chi connectivity index (χ2v) is 9.02. The Hall–Kier alpha value is -2.95. The predicted molar refractivity (Wildman–Crippen MR) is 113 cm³/mol. The molecule has 0 aliphatic rings. The van der Waals surface area contributed by atoms with Gasteiger partial charge in [-0.3, -0.25) is 4.79 Å². The fraction of sp³-hybridized carbons (Fsp3) is 0.0556. The molecule has 8 nitrogen and oxygen atoms in total. The zero-order valence-electron chi connectivity index (χ0n) is 15.0. The van der Waals surface area contributed by atoms with Crippen LogP contribution in [0, 0.1) is 0 Å². The summed E-state index contributed by atoms with van der Waals surface area (Å²) in [6.07, 6.45) is 0. The van der Waals surface area contributed by atoms with Crippen molar-refractivity contribution in [3.63, 3.8) is 0 Å². The molecule has 148 valence electrons. The van der Waals surface area contributed by atoms with Gasteiger partial charge in [-0.15, -0.1) is 16.4 Å². The van der Waals surface area contributed by atoms with E-state index in [1.165, 1.54) is 42.5 Å². The first-order chi connectivity index (χ1) is 13.8. The number of aromatic nitrogens is 3. The lowest BCUT2D eigenvalue weighted by Gasteiger charge is -2.05. The van der Waals surface area contributed by atoms with Crippen LogP contribution in [0.3, 0.4) is 0 Å². The van der Waals surface area contributed by atoms with Crippen LogP contribution >= 0.6 is 22.9 Å². The van der Waals surface area contributed by atoms with E-state index in [0.29, 0.717) is 15.7 Å². The van der Waals surface area contributed by atoms with Crippen LogP contribution in [-0.2, 0) is 14.8 Å². The third kappa shape index (κ3) is 4.09. The quantitative estimate of drug-likeness (QED) is 0.483. The van der Waals surface area contributed by atoms with Crippen LogP contribution in [0.25, 0.3) is 16.2 Å². The van der Waals surface area contributed by atoms with Crippen LogP contribution in [0.5, 0.6) is 0 Å². The van der Waals surface area contributed by atoms with Gasteiger partial charge in [0.25, 0.3) is 16.0 Å². The zero-order valence-corrected chi connectivity index (χ0v) is 17.3. The van der Waals surface area contributed by atoms with Crippen molar-refractivity contribution in [3.05, 3.63) is 58.9 Å². The summed E-state index contributed by atoms with van der Waals surface area (Å²) in [6.45, 7) is 1.44. The van der Waals surface area contributed by atoms with Gasteiger partial charge in [0.15, 0.2) is 0 Å². The summed E-state index contributed by atoms with van der Waals surface area (Å²) < 4.78 is 29.0. The Kier molecular flexibility index (Phi) is 4.99. The number of sulfonamides is 1. The van der Waals surface area contributed by atoms with Crippen molar-refractivity contribution >= 4 is 55.5 Å². The van der Waals surface area contributed by atoms with Gasteiger partial charge in [-0.05, 0) is 36.4 Å². The number of carbonyl (C=O) groups excluding carboxylic acids is 1. The molecular weight excluding hydrogens is 434 g/mol. The minimum Gasteiger partial charge on any atom is -0.326 e. The van der Waals surface area contributed by atoms with E-state index in [0.717, 1.165) is 11.3 Å². The molecule has 0 saturated heterocycles. The standard InChI is InChI=1S/C18H14ClN5O3S2/c1-11(25)20-14-6-2-12(3-7-14)16-10-28-18-21-17(22-24(16)18)23-29(26,27)15-8-4-13(19)5-9-15/h2-10H,1H3,(H,20,25)(H,22,23). The Bertz CT molecular complexity index is 1300. The largest absolute Gasteiger partial charge is 0.326 e. The highest BCUT2D eigenvalue weighted by Gasteiger charge is 2.18. The van der Waals surface area contributed by atoms with Crippen molar-refractivity contribution in [2.24, 2.45) is 0 Å². The number of halogens is 1. The number of nitrogens with one attached hydrogen (secondary N) is 2. The lowest BCUT2D eigenvalue weighted by molar-refractivity contribution is -0.114. The molecule has 0 atom stereocenters. The van der Waals surface area contributed by atoms with E-state index >= 15 is 0 Å². The highest BCUT2D eigenvalue weighted by atomic mass is 35.5. The molecule has 0 aliphatic carbocycles. The average Bonchev–Trinajstić information content (AvgIpc) is 3.22.